The molecule has 0 radical (unpaired) electrons. The lowest BCUT2D eigenvalue weighted by Gasteiger charge is -2.20. The fourth-order valence-electron chi connectivity index (χ4n) is 2.48. The molecule has 1 fully saturated rings. The highest BCUT2D eigenvalue weighted by Crippen LogP contribution is 2.24. The zero-order valence-corrected chi connectivity index (χ0v) is 12.5. The molecule has 2 unspecified atom stereocenters. The number of anilines is 1. The Kier molecular flexibility index (Phi) is 5.41. The maximum absolute atomic E-state index is 11.9. The van der Waals surface area contributed by atoms with Crippen LogP contribution >= 0.6 is 0 Å². The molecule has 1 aliphatic heterocycles. The topological polar surface area (TPSA) is 76.8 Å². The van der Waals surface area contributed by atoms with E-state index in [2.05, 4.69) is 10.2 Å². The van der Waals surface area contributed by atoms with E-state index in [-0.39, 0.29) is 18.6 Å². The molecule has 1 amide bonds. The lowest BCUT2D eigenvalue weighted by Crippen LogP contribution is -2.48. The molecule has 0 saturated carbocycles. The number of hydrogen-bond donors (Lipinski definition) is 2. The molecule has 1 heterocycles. The van der Waals surface area contributed by atoms with Gasteiger partial charge in [0.2, 0.25) is 5.91 Å². The van der Waals surface area contributed by atoms with E-state index < -0.39 is 6.04 Å². The van der Waals surface area contributed by atoms with Gasteiger partial charge in [-0.25, -0.2) is 0 Å². The summed E-state index contributed by atoms with van der Waals surface area (Å²) >= 11 is 0. The molecule has 1 aliphatic rings. The Hall–Kier alpha value is -1.79. The van der Waals surface area contributed by atoms with Gasteiger partial charge in [0.15, 0.2) is 0 Å². The number of nitrogens with two attached hydrogens (primary N) is 1. The second kappa shape index (κ2) is 7.28. The Balaban J connectivity index is 1.89. The minimum atomic E-state index is -0.610. The Morgan fingerprint density at radius 1 is 1.52 bits per heavy atom. The number of hydrogen-bond acceptors (Lipinski definition) is 5. The summed E-state index contributed by atoms with van der Waals surface area (Å²) in [5.74, 6) is 0.677. The highest BCUT2D eigenvalue weighted by atomic mass is 16.5. The molecule has 6 heteroatoms. The molecule has 1 aromatic carbocycles. The van der Waals surface area contributed by atoms with E-state index >= 15 is 0 Å². The Bertz CT molecular complexity index is 481. The van der Waals surface area contributed by atoms with Crippen LogP contribution < -0.4 is 20.7 Å². The van der Waals surface area contributed by atoms with Gasteiger partial charge in [0.05, 0.1) is 13.7 Å². The molecule has 6 nitrogen and oxygen atoms in total. The van der Waals surface area contributed by atoms with E-state index in [4.69, 9.17) is 15.2 Å². The third kappa shape index (κ3) is 4.09. The van der Waals surface area contributed by atoms with Crippen molar-refractivity contribution in [1.29, 1.82) is 0 Å². The van der Waals surface area contributed by atoms with E-state index in [9.17, 15) is 4.79 Å². The number of ether oxygens (including phenoxy) is 2. The summed E-state index contributed by atoms with van der Waals surface area (Å²) in [6.07, 6.45) is 0.905. The molecule has 0 aliphatic carbocycles. The van der Waals surface area contributed by atoms with E-state index in [1.807, 2.05) is 24.3 Å². The van der Waals surface area contributed by atoms with Gasteiger partial charge in [-0.2, -0.15) is 0 Å². The van der Waals surface area contributed by atoms with Gasteiger partial charge in [0, 0.05) is 38.0 Å². The molecular formula is C15H23N3O3. The Labute approximate surface area is 125 Å². The van der Waals surface area contributed by atoms with Crippen molar-refractivity contribution < 1.29 is 14.3 Å². The minimum absolute atomic E-state index is 0.117. The van der Waals surface area contributed by atoms with Crippen molar-refractivity contribution in [2.24, 2.45) is 5.73 Å². The van der Waals surface area contributed by atoms with Crippen molar-refractivity contribution in [3.8, 4) is 5.75 Å². The summed E-state index contributed by atoms with van der Waals surface area (Å²) < 4.78 is 10.1. The Morgan fingerprint density at radius 2 is 2.33 bits per heavy atom. The van der Waals surface area contributed by atoms with E-state index in [1.54, 1.807) is 7.11 Å². The van der Waals surface area contributed by atoms with Gasteiger partial charge in [-0.05, 0) is 18.6 Å². The lowest BCUT2D eigenvalue weighted by atomic mass is 10.2. The number of carbonyl (C=O) groups is 1. The van der Waals surface area contributed by atoms with Crippen molar-refractivity contribution in [2.75, 3.05) is 38.8 Å². The van der Waals surface area contributed by atoms with Crippen LogP contribution in [0.3, 0.4) is 0 Å². The second-order valence-electron chi connectivity index (χ2n) is 5.20. The quantitative estimate of drug-likeness (QED) is 0.792. The second-order valence-corrected chi connectivity index (χ2v) is 5.20. The third-order valence-corrected chi connectivity index (χ3v) is 3.64. The summed E-state index contributed by atoms with van der Waals surface area (Å²) in [4.78, 5) is 14.1. The first kappa shape index (κ1) is 15.6. The SMILES string of the molecule is COCC(N)C(=O)NC1CCN(c2cccc(OC)c2)C1. The molecule has 0 bridgehead atoms. The zero-order chi connectivity index (χ0) is 15.2. The van der Waals surface area contributed by atoms with Crippen LogP contribution in [0.1, 0.15) is 6.42 Å². The molecule has 0 aromatic heterocycles. The molecular weight excluding hydrogens is 270 g/mol. The first-order chi connectivity index (χ1) is 10.1. The number of nitrogens with zero attached hydrogens (tertiary/aromatic N) is 1. The number of rotatable bonds is 6. The predicted octanol–water partition coefficient (Wildman–Crippen LogP) is 0.364. The maximum atomic E-state index is 11.9. The standard InChI is InChI=1S/C15H23N3O3/c1-20-10-14(16)15(19)17-11-6-7-18(9-11)12-4-3-5-13(8-12)21-2/h3-5,8,11,14H,6-7,9-10,16H2,1-2H3,(H,17,19). The maximum Gasteiger partial charge on any atom is 0.239 e. The van der Waals surface area contributed by atoms with Crippen LogP contribution in [0.4, 0.5) is 5.69 Å². The van der Waals surface area contributed by atoms with Crippen LogP contribution in [0.25, 0.3) is 0 Å². The Morgan fingerprint density at radius 3 is 3.05 bits per heavy atom. The summed E-state index contributed by atoms with van der Waals surface area (Å²) in [6.45, 7) is 1.91. The van der Waals surface area contributed by atoms with Crippen molar-refractivity contribution in [3.05, 3.63) is 24.3 Å². The van der Waals surface area contributed by atoms with E-state index in [0.717, 1.165) is 30.9 Å². The van der Waals surface area contributed by atoms with Crippen LogP contribution in [-0.4, -0.2) is 51.9 Å². The number of benzene rings is 1. The van der Waals surface area contributed by atoms with Crippen LogP contribution in [0, 0.1) is 0 Å². The van der Waals surface area contributed by atoms with Gasteiger partial charge < -0.3 is 25.4 Å². The van der Waals surface area contributed by atoms with E-state index in [1.165, 1.54) is 7.11 Å². The summed E-state index contributed by atoms with van der Waals surface area (Å²) in [6, 6.07) is 7.44. The van der Waals surface area contributed by atoms with Gasteiger partial charge in [-0.3, -0.25) is 4.79 Å². The minimum Gasteiger partial charge on any atom is -0.497 e. The predicted molar refractivity (Wildman–Crippen MR) is 81.6 cm³/mol. The molecule has 116 valence electrons. The number of nitrogens with one attached hydrogen (secondary N) is 1. The molecule has 0 spiro atoms. The van der Waals surface area contributed by atoms with Gasteiger partial charge >= 0.3 is 0 Å². The highest BCUT2D eigenvalue weighted by molar-refractivity contribution is 5.82. The lowest BCUT2D eigenvalue weighted by molar-refractivity contribution is -0.124. The smallest absolute Gasteiger partial charge is 0.239 e. The fraction of sp³-hybridized carbons (Fsp3) is 0.533. The van der Waals surface area contributed by atoms with Crippen LogP contribution in [0.15, 0.2) is 24.3 Å². The van der Waals surface area contributed by atoms with Gasteiger partial charge in [0.25, 0.3) is 0 Å². The molecule has 2 atom stereocenters. The van der Waals surface area contributed by atoms with Crippen molar-refractivity contribution in [2.45, 2.75) is 18.5 Å². The average Bonchev–Trinajstić information content (AvgIpc) is 2.96. The van der Waals surface area contributed by atoms with Crippen LogP contribution in [0.5, 0.6) is 5.75 Å². The van der Waals surface area contributed by atoms with Gasteiger partial charge in [-0.1, -0.05) is 6.07 Å². The monoisotopic (exact) mass is 293 g/mol. The molecule has 2 rings (SSSR count). The largest absolute Gasteiger partial charge is 0.497 e. The molecule has 1 saturated heterocycles. The van der Waals surface area contributed by atoms with Crippen molar-refractivity contribution in [3.63, 3.8) is 0 Å². The average molecular weight is 293 g/mol. The summed E-state index contributed by atoms with van der Waals surface area (Å²) in [7, 11) is 3.19. The number of carbonyl (C=O) groups excluding carboxylic acids is 1. The number of methoxy groups -OCH3 is 2. The van der Waals surface area contributed by atoms with Gasteiger partial charge in [0.1, 0.15) is 11.8 Å². The third-order valence-electron chi connectivity index (χ3n) is 3.64. The summed E-state index contributed by atoms with van der Waals surface area (Å²) in [5, 5.41) is 2.97. The first-order valence-corrected chi connectivity index (χ1v) is 7.08. The van der Waals surface area contributed by atoms with Crippen molar-refractivity contribution in [1.82, 2.24) is 5.32 Å². The van der Waals surface area contributed by atoms with Crippen LogP contribution in [-0.2, 0) is 9.53 Å². The summed E-state index contributed by atoms with van der Waals surface area (Å²) in [5.41, 5.74) is 6.83. The highest BCUT2D eigenvalue weighted by Gasteiger charge is 2.26. The van der Waals surface area contributed by atoms with E-state index in [0.29, 0.717) is 0 Å². The van der Waals surface area contributed by atoms with Crippen LogP contribution in [0.2, 0.25) is 0 Å². The first-order valence-electron chi connectivity index (χ1n) is 7.08. The molecule has 3 N–H and O–H groups in total. The molecule has 21 heavy (non-hydrogen) atoms. The number of amides is 1. The van der Waals surface area contributed by atoms with Gasteiger partial charge in [-0.15, -0.1) is 0 Å². The normalized spacial score (nSPS) is 19.4. The fourth-order valence-corrected chi connectivity index (χ4v) is 2.48. The van der Waals surface area contributed by atoms with Crippen molar-refractivity contribution >= 4 is 11.6 Å². The zero-order valence-electron chi connectivity index (χ0n) is 12.5. The molecule has 1 aromatic rings.